The Kier molecular flexibility index (Phi) is 5.14. The van der Waals surface area contributed by atoms with Crippen molar-refractivity contribution >= 4 is 80.1 Å². The molecule has 0 unspecified atom stereocenters. The van der Waals surface area contributed by atoms with Crippen LogP contribution >= 0.6 is 56.9 Å². The predicted molar refractivity (Wildman–Crippen MR) is 93.9 cm³/mol. The molecule has 0 aromatic heterocycles. The van der Waals surface area contributed by atoms with E-state index < -0.39 is 23.7 Å². The number of aliphatic carboxylic acids is 1. The van der Waals surface area contributed by atoms with Crippen LogP contribution in [-0.4, -0.2) is 38.8 Å². The van der Waals surface area contributed by atoms with Crippen molar-refractivity contribution < 1.29 is 24.6 Å². The van der Waals surface area contributed by atoms with E-state index in [-0.39, 0.29) is 10.7 Å². The zero-order chi connectivity index (χ0) is 15.7. The molecule has 1 heterocycles. The number of carbonyl (C=O) groups is 3. The van der Waals surface area contributed by atoms with Gasteiger partial charge in [-0.1, -0.05) is 0 Å². The summed E-state index contributed by atoms with van der Waals surface area (Å²) in [6.07, 6.45) is 1.40. The Bertz CT molecular complexity index is 688. The van der Waals surface area contributed by atoms with Crippen LogP contribution < -0.4 is 0 Å². The number of hydrogen-bond donors (Lipinski definition) is 2. The van der Waals surface area contributed by atoms with Crippen molar-refractivity contribution in [1.29, 1.82) is 0 Å². The third-order valence-corrected chi connectivity index (χ3v) is 4.86. The topological polar surface area (TPSA) is 94.9 Å². The molecule has 0 aliphatic carbocycles. The molecule has 0 atom stereocenters. The second-order valence-electron chi connectivity index (χ2n) is 3.99. The maximum absolute atomic E-state index is 12.0. The van der Waals surface area contributed by atoms with Gasteiger partial charge in [-0.25, -0.2) is 0 Å². The molecule has 6 nitrogen and oxygen atoms in total. The summed E-state index contributed by atoms with van der Waals surface area (Å²) >= 11 is 4.69. The number of carboxylic acid groups (broad SMARTS) is 1. The van der Waals surface area contributed by atoms with Gasteiger partial charge in [0, 0.05) is 9.13 Å². The zero-order valence-electron chi connectivity index (χ0n) is 10.2. The highest BCUT2D eigenvalue weighted by molar-refractivity contribution is 14.1. The summed E-state index contributed by atoms with van der Waals surface area (Å²) in [4.78, 5) is 35.0. The highest BCUT2D eigenvalue weighted by Crippen LogP contribution is 2.35. The van der Waals surface area contributed by atoms with Crippen molar-refractivity contribution in [2.75, 3.05) is 6.54 Å². The Morgan fingerprint density at radius 2 is 2.00 bits per heavy atom. The summed E-state index contributed by atoms with van der Waals surface area (Å²) in [5, 5.41) is 18.0. The number of carboxylic acids is 1. The maximum Gasteiger partial charge on any atom is 0.323 e. The van der Waals surface area contributed by atoms with E-state index in [1.54, 1.807) is 12.1 Å². The van der Waals surface area contributed by atoms with Crippen LogP contribution in [0.4, 0.5) is 4.79 Å². The summed E-state index contributed by atoms with van der Waals surface area (Å²) in [6.45, 7) is -0.669. The van der Waals surface area contributed by atoms with Gasteiger partial charge in [-0.3, -0.25) is 19.3 Å². The van der Waals surface area contributed by atoms with Crippen molar-refractivity contribution in [1.82, 2.24) is 4.90 Å². The average Bonchev–Trinajstić information content (AvgIpc) is 2.63. The number of imide groups is 1. The lowest BCUT2D eigenvalue weighted by molar-refractivity contribution is -0.140. The third kappa shape index (κ3) is 3.69. The Morgan fingerprint density at radius 3 is 2.62 bits per heavy atom. The molecule has 110 valence electrons. The van der Waals surface area contributed by atoms with Crippen LogP contribution in [0.3, 0.4) is 0 Å². The first kappa shape index (κ1) is 16.5. The summed E-state index contributed by atoms with van der Waals surface area (Å²) in [7, 11) is 0. The quantitative estimate of drug-likeness (QED) is 0.461. The summed E-state index contributed by atoms with van der Waals surface area (Å²) in [6, 6.07) is 3.44. The van der Waals surface area contributed by atoms with Crippen molar-refractivity contribution in [3.05, 3.63) is 29.7 Å². The number of aromatic hydroxyl groups is 1. The molecule has 2 rings (SSSR count). The number of halogens is 2. The lowest BCUT2D eigenvalue weighted by atomic mass is 10.2. The molecule has 1 aromatic rings. The third-order valence-electron chi connectivity index (χ3n) is 2.51. The molecule has 2 amide bonds. The van der Waals surface area contributed by atoms with E-state index in [0.29, 0.717) is 25.8 Å². The van der Waals surface area contributed by atoms with E-state index in [0.717, 1.165) is 3.57 Å². The molecular weight excluding hydrogens is 524 g/mol. The average molecular weight is 531 g/mol. The number of phenols is 1. The monoisotopic (exact) mass is 531 g/mol. The molecule has 1 aliphatic heterocycles. The number of benzene rings is 1. The van der Waals surface area contributed by atoms with Gasteiger partial charge in [-0.2, -0.15) is 0 Å². The summed E-state index contributed by atoms with van der Waals surface area (Å²) < 4.78 is 1.49. The standard InChI is InChI=1S/C12H7I2NO5S/c13-6-1-5(10(18)7(14)3-6)2-8-11(19)15(4-9(16)17)12(20)21-8/h1-3,18H,4H2,(H,16,17)/b8-2+. The second-order valence-corrected chi connectivity index (χ2v) is 7.39. The van der Waals surface area contributed by atoms with Gasteiger partial charge in [0.15, 0.2) is 0 Å². The van der Waals surface area contributed by atoms with Gasteiger partial charge in [0.1, 0.15) is 12.3 Å². The zero-order valence-corrected chi connectivity index (χ0v) is 15.3. The van der Waals surface area contributed by atoms with Crippen LogP contribution in [0.5, 0.6) is 5.75 Å². The van der Waals surface area contributed by atoms with Gasteiger partial charge in [0.2, 0.25) is 0 Å². The van der Waals surface area contributed by atoms with Crippen LogP contribution in [0, 0.1) is 7.14 Å². The Hall–Kier alpha value is -0.820. The van der Waals surface area contributed by atoms with Crippen LogP contribution in [0.15, 0.2) is 17.0 Å². The van der Waals surface area contributed by atoms with Crippen LogP contribution in [0.2, 0.25) is 0 Å². The van der Waals surface area contributed by atoms with Gasteiger partial charge >= 0.3 is 5.97 Å². The van der Waals surface area contributed by atoms with Crippen LogP contribution in [0.25, 0.3) is 6.08 Å². The Labute approximate surface area is 150 Å². The second kappa shape index (κ2) is 6.52. The Morgan fingerprint density at radius 1 is 1.33 bits per heavy atom. The van der Waals surface area contributed by atoms with E-state index in [9.17, 15) is 19.5 Å². The molecule has 1 saturated heterocycles. The van der Waals surface area contributed by atoms with Gasteiger partial charge in [0.05, 0.1) is 8.48 Å². The van der Waals surface area contributed by atoms with Crippen molar-refractivity contribution in [3.8, 4) is 5.75 Å². The first-order chi connectivity index (χ1) is 9.79. The highest BCUT2D eigenvalue weighted by Gasteiger charge is 2.36. The van der Waals surface area contributed by atoms with Crippen molar-refractivity contribution in [2.24, 2.45) is 0 Å². The van der Waals surface area contributed by atoms with E-state index in [4.69, 9.17) is 5.11 Å². The molecular formula is C12H7I2NO5S. The highest BCUT2D eigenvalue weighted by atomic mass is 127. The van der Waals surface area contributed by atoms with Crippen LogP contribution in [0.1, 0.15) is 5.56 Å². The first-order valence-electron chi connectivity index (χ1n) is 5.44. The number of rotatable bonds is 3. The SMILES string of the molecule is O=C(O)CN1C(=O)S/C(=C/c2cc(I)cc(I)c2O)C1=O. The van der Waals surface area contributed by atoms with E-state index in [2.05, 4.69) is 22.6 Å². The molecule has 1 fully saturated rings. The number of phenolic OH excluding ortho intramolecular Hbond substituents is 1. The fraction of sp³-hybridized carbons (Fsp3) is 0.0833. The molecule has 1 aromatic carbocycles. The maximum atomic E-state index is 12.0. The molecule has 1 aliphatic rings. The lowest BCUT2D eigenvalue weighted by Crippen LogP contribution is -2.33. The first-order valence-corrected chi connectivity index (χ1v) is 8.42. The number of amides is 2. The van der Waals surface area contributed by atoms with Gasteiger partial charge < -0.3 is 10.2 Å². The summed E-state index contributed by atoms with van der Waals surface area (Å²) in [5.41, 5.74) is 0.409. The summed E-state index contributed by atoms with van der Waals surface area (Å²) in [5.74, 6) is -1.91. The Balaban J connectivity index is 2.37. The molecule has 0 saturated carbocycles. The minimum atomic E-state index is -1.26. The molecule has 21 heavy (non-hydrogen) atoms. The predicted octanol–water partition coefficient (Wildman–Crippen LogP) is 2.72. The van der Waals surface area contributed by atoms with Gasteiger partial charge in [-0.15, -0.1) is 0 Å². The number of thioether (sulfide) groups is 1. The van der Waals surface area contributed by atoms with E-state index in [1.165, 1.54) is 6.08 Å². The molecule has 0 bridgehead atoms. The largest absolute Gasteiger partial charge is 0.506 e. The number of nitrogens with zero attached hydrogens (tertiary/aromatic N) is 1. The smallest absolute Gasteiger partial charge is 0.323 e. The molecule has 0 radical (unpaired) electrons. The lowest BCUT2D eigenvalue weighted by Gasteiger charge is -2.08. The van der Waals surface area contributed by atoms with Gasteiger partial charge in [0.25, 0.3) is 11.1 Å². The van der Waals surface area contributed by atoms with E-state index >= 15 is 0 Å². The van der Waals surface area contributed by atoms with Gasteiger partial charge in [-0.05, 0) is 75.2 Å². The molecule has 9 heteroatoms. The van der Waals surface area contributed by atoms with Crippen LogP contribution in [-0.2, 0) is 9.59 Å². The number of hydrogen-bond acceptors (Lipinski definition) is 5. The fourth-order valence-electron chi connectivity index (χ4n) is 1.61. The van der Waals surface area contributed by atoms with E-state index in [1.807, 2.05) is 22.6 Å². The minimum Gasteiger partial charge on any atom is -0.506 e. The minimum absolute atomic E-state index is 0.0149. The molecule has 2 N–H and O–H groups in total. The normalized spacial score (nSPS) is 16.9. The molecule has 0 spiro atoms. The fourth-order valence-corrected chi connectivity index (χ4v) is 4.33. The van der Waals surface area contributed by atoms with Crippen molar-refractivity contribution in [2.45, 2.75) is 0 Å². The number of carbonyl (C=O) groups excluding carboxylic acids is 2. The van der Waals surface area contributed by atoms with Crippen molar-refractivity contribution in [3.63, 3.8) is 0 Å².